The first kappa shape index (κ1) is 10.4. The van der Waals surface area contributed by atoms with E-state index in [4.69, 9.17) is 9.57 Å². The van der Waals surface area contributed by atoms with E-state index >= 15 is 0 Å². The second-order valence-corrected chi connectivity index (χ2v) is 2.75. The van der Waals surface area contributed by atoms with Gasteiger partial charge in [0.05, 0.1) is 7.11 Å². The number of anilines is 1. The molecule has 1 aromatic carbocycles. The Labute approximate surface area is 83.0 Å². The molecule has 4 heteroatoms. The van der Waals surface area contributed by atoms with E-state index in [0.717, 1.165) is 0 Å². The molecule has 0 aromatic heterocycles. The van der Waals surface area contributed by atoms with E-state index in [0.29, 0.717) is 11.4 Å². The standard InChI is InChI=1S/C10H13NO3/c1-8(12)14-11(2)9-6-4-5-7-10(9)13-3/h4-7H,1-3H3. The van der Waals surface area contributed by atoms with E-state index < -0.39 is 0 Å². The Balaban J connectivity index is 2.87. The molecule has 0 bridgehead atoms. The minimum absolute atomic E-state index is 0.363. The largest absolute Gasteiger partial charge is 0.494 e. The van der Waals surface area contributed by atoms with Crippen LogP contribution in [0.25, 0.3) is 0 Å². The van der Waals surface area contributed by atoms with Gasteiger partial charge in [-0.05, 0) is 12.1 Å². The molecule has 0 heterocycles. The molecule has 1 aromatic rings. The third-order valence-corrected chi connectivity index (χ3v) is 1.69. The van der Waals surface area contributed by atoms with Crippen LogP contribution in [0.15, 0.2) is 24.3 Å². The second-order valence-electron chi connectivity index (χ2n) is 2.75. The van der Waals surface area contributed by atoms with Gasteiger partial charge in [0, 0.05) is 14.0 Å². The highest BCUT2D eigenvalue weighted by Gasteiger charge is 2.09. The number of methoxy groups -OCH3 is 1. The van der Waals surface area contributed by atoms with E-state index in [2.05, 4.69) is 0 Å². The van der Waals surface area contributed by atoms with Gasteiger partial charge in [0.1, 0.15) is 11.4 Å². The van der Waals surface area contributed by atoms with Gasteiger partial charge in [0.15, 0.2) is 0 Å². The number of benzene rings is 1. The Morgan fingerprint density at radius 1 is 1.36 bits per heavy atom. The van der Waals surface area contributed by atoms with Crippen LogP contribution >= 0.6 is 0 Å². The van der Waals surface area contributed by atoms with Gasteiger partial charge in [0.25, 0.3) is 0 Å². The molecule has 0 saturated heterocycles. The fourth-order valence-electron chi connectivity index (χ4n) is 1.13. The summed E-state index contributed by atoms with van der Waals surface area (Å²) < 4.78 is 5.12. The number of hydroxylamine groups is 1. The van der Waals surface area contributed by atoms with Crippen molar-refractivity contribution in [1.29, 1.82) is 0 Å². The molecule has 0 aliphatic carbocycles. The Morgan fingerprint density at radius 3 is 2.57 bits per heavy atom. The van der Waals surface area contributed by atoms with Crippen LogP contribution < -0.4 is 9.80 Å². The molecule has 4 nitrogen and oxygen atoms in total. The first-order chi connectivity index (χ1) is 6.65. The van der Waals surface area contributed by atoms with Crippen molar-refractivity contribution in [2.45, 2.75) is 6.92 Å². The Kier molecular flexibility index (Phi) is 3.34. The molecule has 0 atom stereocenters. The van der Waals surface area contributed by atoms with Crippen molar-refractivity contribution in [2.75, 3.05) is 19.2 Å². The van der Waals surface area contributed by atoms with Crippen molar-refractivity contribution in [3.8, 4) is 5.75 Å². The Morgan fingerprint density at radius 2 is 2.00 bits per heavy atom. The molecule has 0 unspecified atom stereocenters. The van der Waals surface area contributed by atoms with E-state index in [1.54, 1.807) is 20.2 Å². The van der Waals surface area contributed by atoms with Crippen LogP contribution in [-0.4, -0.2) is 20.1 Å². The van der Waals surface area contributed by atoms with Crippen LogP contribution in [-0.2, 0) is 9.63 Å². The maximum absolute atomic E-state index is 10.7. The summed E-state index contributed by atoms with van der Waals surface area (Å²) in [5, 5.41) is 1.38. The molecule has 0 spiro atoms. The van der Waals surface area contributed by atoms with Gasteiger partial charge in [-0.3, -0.25) is 4.79 Å². The van der Waals surface area contributed by atoms with Crippen molar-refractivity contribution in [3.05, 3.63) is 24.3 Å². The van der Waals surface area contributed by atoms with Crippen molar-refractivity contribution in [1.82, 2.24) is 0 Å². The van der Waals surface area contributed by atoms with Gasteiger partial charge in [0.2, 0.25) is 0 Å². The van der Waals surface area contributed by atoms with Crippen LogP contribution in [0.2, 0.25) is 0 Å². The van der Waals surface area contributed by atoms with Crippen molar-refractivity contribution >= 4 is 11.7 Å². The number of hydrogen-bond acceptors (Lipinski definition) is 4. The molecule has 14 heavy (non-hydrogen) atoms. The monoisotopic (exact) mass is 195 g/mol. The zero-order chi connectivity index (χ0) is 10.6. The van der Waals surface area contributed by atoms with Crippen LogP contribution in [0, 0.1) is 0 Å². The summed E-state index contributed by atoms with van der Waals surface area (Å²) >= 11 is 0. The normalized spacial score (nSPS) is 9.36. The molecule has 0 N–H and O–H groups in total. The van der Waals surface area contributed by atoms with Gasteiger partial charge >= 0.3 is 5.97 Å². The average Bonchev–Trinajstić information content (AvgIpc) is 2.16. The minimum Gasteiger partial charge on any atom is -0.494 e. The zero-order valence-corrected chi connectivity index (χ0v) is 8.48. The van der Waals surface area contributed by atoms with Gasteiger partial charge in [-0.15, -0.1) is 0 Å². The summed E-state index contributed by atoms with van der Waals surface area (Å²) in [6.07, 6.45) is 0. The highest BCUT2D eigenvalue weighted by atomic mass is 16.7. The van der Waals surface area contributed by atoms with Crippen molar-refractivity contribution in [2.24, 2.45) is 0 Å². The minimum atomic E-state index is -0.363. The molecule has 0 aliphatic rings. The smallest absolute Gasteiger partial charge is 0.329 e. The summed E-state index contributed by atoms with van der Waals surface area (Å²) in [7, 11) is 3.22. The molecule has 0 saturated carbocycles. The SMILES string of the molecule is COc1ccccc1N(C)OC(C)=O. The van der Waals surface area contributed by atoms with E-state index in [9.17, 15) is 4.79 Å². The fraction of sp³-hybridized carbons (Fsp3) is 0.300. The lowest BCUT2D eigenvalue weighted by Gasteiger charge is -2.19. The third-order valence-electron chi connectivity index (χ3n) is 1.69. The molecular formula is C10H13NO3. The van der Waals surface area contributed by atoms with Gasteiger partial charge in [-0.25, -0.2) is 5.06 Å². The summed E-state index contributed by atoms with van der Waals surface area (Å²) in [6, 6.07) is 7.30. The van der Waals surface area contributed by atoms with Crippen molar-refractivity contribution in [3.63, 3.8) is 0 Å². The fourth-order valence-corrected chi connectivity index (χ4v) is 1.13. The van der Waals surface area contributed by atoms with E-state index in [1.807, 2.05) is 18.2 Å². The molecule has 0 radical (unpaired) electrons. The van der Waals surface area contributed by atoms with Crippen molar-refractivity contribution < 1.29 is 14.4 Å². The molecular weight excluding hydrogens is 182 g/mol. The maximum Gasteiger partial charge on any atom is 0.329 e. The predicted octanol–water partition coefficient (Wildman–Crippen LogP) is 1.61. The van der Waals surface area contributed by atoms with Gasteiger partial charge in [-0.1, -0.05) is 12.1 Å². The zero-order valence-electron chi connectivity index (χ0n) is 8.48. The lowest BCUT2D eigenvalue weighted by Crippen LogP contribution is -2.21. The molecule has 0 amide bonds. The number of rotatable bonds is 3. The lowest BCUT2D eigenvalue weighted by atomic mass is 10.3. The first-order valence-corrected chi connectivity index (χ1v) is 4.20. The third kappa shape index (κ3) is 2.39. The summed E-state index contributed by atoms with van der Waals surface area (Å²) in [6.45, 7) is 1.35. The lowest BCUT2D eigenvalue weighted by molar-refractivity contribution is -0.141. The highest BCUT2D eigenvalue weighted by Crippen LogP contribution is 2.26. The average molecular weight is 195 g/mol. The number of ether oxygens (including phenoxy) is 1. The second kappa shape index (κ2) is 4.50. The molecule has 76 valence electrons. The van der Waals surface area contributed by atoms with Gasteiger partial charge in [-0.2, -0.15) is 0 Å². The quantitative estimate of drug-likeness (QED) is 0.687. The van der Waals surface area contributed by atoms with Crippen LogP contribution in [0.4, 0.5) is 5.69 Å². The van der Waals surface area contributed by atoms with Crippen LogP contribution in [0.1, 0.15) is 6.92 Å². The van der Waals surface area contributed by atoms with Gasteiger partial charge < -0.3 is 9.57 Å². The number of para-hydroxylation sites is 2. The maximum atomic E-state index is 10.7. The first-order valence-electron chi connectivity index (χ1n) is 4.20. The Hall–Kier alpha value is -1.71. The number of nitrogens with zero attached hydrogens (tertiary/aromatic N) is 1. The number of carbonyl (C=O) groups is 1. The number of hydrogen-bond donors (Lipinski definition) is 0. The Bertz CT molecular complexity index is 325. The predicted molar refractivity (Wildman–Crippen MR) is 53.2 cm³/mol. The van der Waals surface area contributed by atoms with E-state index in [1.165, 1.54) is 12.0 Å². The topological polar surface area (TPSA) is 38.8 Å². The molecule has 1 rings (SSSR count). The van der Waals surface area contributed by atoms with Crippen LogP contribution in [0.3, 0.4) is 0 Å². The highest BCUT2D eigenvalue weighted by molar-refractivity contribution is 5.68. The summed E-state index contributed by atoms with van der Waals surface area (Å²) in [4.78, 5) is 15.6. The molecule has 0 aliphatic heterocycles. The molecule has 0 fully saturated rings. The number of carbonyl (C=O) groups excluding carboxylic acids is 1. The van der Waals surface area contributed by atoms with E-state index in [-0.39, 0.29) is 5.97 Å². The summed E-state index contributed by atoms with van der Waals surface area (Å²) in [5.74, 6) is 0.301. The summed E-state index contributed by atoms with van der Waals surface area (Å²) in [5.41, 5.74) is 0.713. The van der Waals surface area contributed by atoms with Crippen LogP contribution in [0.5, 0.6) is 5.75 Å².